The molecule has 3 aliphatic carbocycles. The molecule has 8 rings (SSSR count). The van der Waals surface area contributed by atoms with Gasteiger partial charge in [-0.1, -0.05) is 125 Å². The third-order valence-corrected chi connectivity index (χ3v) is 13.1. The highest BCUT2D eigenvalue weighted by Gasteiger charge is 2.60. The summed E-state index contributed by atoms with van der Waals surface area (Å²) in [6.45, 7) is 12.1. The van der Waals surface area contributed by atoms with E-state index < -0.39 is 33.8 Å². The Morgan fingerprint density at radius 3 is 1.55 bits per heavy atom. The van der Waals surface area contributed by atoms with Gasteiger partial charge in [-0.3, -0.25) is 0 Å². The van der Waals surface area contributed by atoms with Crippen molar-refractivity contribution in [3.05, 3.63) is 138 Å². The van der Waals surface area contributed by atoms with Crippen LogP contribution < -0.4 is 0 Å². The summed E-state index contributed by atoms with van der Waals surface area (Å²) >= 11 is 0. The van der Waals surface area contributed by atoms with Crippen LogP contribution in [0.1, 0.15) is 59.1 Å². The van der Waals surface area contributed by atoms with E-state index in [1.54, 1.807) is 12.1 Å². The SMILES string of the molecule is CC12C=CC=CC1C(C)(C)C(C)(C)C1=CCC(C)(C(O)(O)O)C(c3cc4c(cc3C(O)(O)O)-c3ccccc3-c3ccccc3-c3ccccc3-4)=C1O2. The maximum absolute atomic E-state index is 11.3. The van der Waals surface area contributed by atoms with E-state index >= 15 is 0 Å². The fourth-order valence-electron chi connectivity index (χ4n) is 9.37. The van der Waals surface area contributed by atoms with Gasteiger partial charge in [-0.25, -0.2) is 0 Å². The average molecular weight is 711 g/mol. The van der Waals surface area contributed by atoms with E-state index in [0.717, 1.165) is 39.0 Å². The Bertz CT molecular complexity index is 2310. The molecule has 0 spiro atoms. The number of benzene rings is 4. The lowest BCUT2D eigenvalue weighted by Gasteiger charge is -2.49. The van der Waals surface area contributed by atoms with Crippen LogP contribution in [0.4, 0.5) is 0 Å². The van der Waals surface area contributed by atoms with Gasteiger partial charge in [-0.05, 0) is 105 Å². The van der Waals surface area contributed by atoms with Crippen LogP contribution in [0.3, 0.4) is 0 Å². The van der Waals surface area contributed by atoms with Crippen molar-refractivity contribution >= 4 is 5.57 Å². The first-order chi connectivity index (χ1) is 24.8. The second-order valence-corrected chi connectivity index (χ2v) is 16.6. The van der Waals surface area contributed by atoms with E-state index in [4.69, 9.17) is 4.74 Å². The monoisotopic (exact) mass is 710 g/mol. The van der Waals surface area contributed by atoms with Crippen LogP contribution in [0, 0.1) is 22.2 Å². The van der Waals surface area contributed by atoms with Gasteiger partial charge in [0.1, 0.15) is 11.4 Å². The number of rotatable bonds is 3. The van der Waals surface area contributed by atoms with E-state index in [2.05, 4.69) is 45.9 Å². The molecule has 4 aliphatic rings. The van der Waals surface area contributed by atoms with Crippen LogP contribution in [-0.4, -0.2) is 42.2 Å². The smallest absolute Gasteiger partial charge is 0.305 e. The van der Waals surface area contributed by atoms with Gasteiger partial charge in [0.25, 0.3) is 5.97 Å². The zero-order valence-electron chi connectivity index (χ0n) is 30.8. The molecule has 0 bridgehead atoms. The zero-order valence-corrected chi connectivity index (χ0v) is 30.8. The number of fused-ring (bicyclic) bond motifs is 10. The minimum absolute atomic E-state index is 0.0425. The average Bonchev–Trinajstić information content (AvgIpc) is 3.14. The highest BCUT2D eigenvalue weighted by molar-refractivity contribution is 6.04. The molecule has 0 saturated carbocycles. The number of hydrogen-bond acceptors (Lipinski definition) is 7. The van der Waals surface area contributed by atoms with Crippen LogP contribution >= 0.6 is 0 Å². The van der Waals surface area contributed by atoms with Gasteiger partial charge >= 0.3 is 5.97 Å². The summed E-state index contributed by atoms with van der Waals surface area (Å²) in [6.07, 6.45) is 9.91. The van der Waals surface area contributed by atoms with Gasteiger partial charge in [-0.15, -0.1) is 0 Å². The maximum Gasteiger partial charge on any atom is 0.305 e. The Morgan fingerprint density at radius 2 is 1.08 bits per heavy atom. The van der Waals surface area contributed by atoms with Crippen molar-refractivity contribution in [1.29, 1.82) is 0 Å². The summed E-state index contributed by atoms with van der Waals surface area (Å²) in [4.78, 5) is 0. The molecule has 1 heterocycles. The molecule has 1 fully saturated rings. The van der Waals surface area contributed by atoms with Gasteiger partial charge in [0, 0.05) is 17.1 Å². The fourth-order valence-corrected chi connectivity index (χ4v) is 9.37. The molecule has 1 saturated heterocycles. The van der Waals surface area contributed by atoms with E-state index in [1.807, 2.05) is 91.9 Å². The highest BCUT2D eigenvalue weighted by atomic mass is 16.7. The van der Waals surface area contributed by atoms with Gasteiger partial charge in [0.2, 0.25) is 0 Å². The van der Waals surface area contributed by atoms with Gasteiger partial charge in [0.05, 0.1) is 5.41 Å². The summed E-state index contributed by atoms with van der Waals surface area (Å²) in [6, 6.07) is 27.3. The summed E-state index contributed by atoms with van der Waals surface area (Å²) in [5.74, 6) is -6.55. The molecule has 6 N–H and O–H groups in total. The Labute approximate surface area is 310 Å². The van der Waals surface area contributed by atoms with E-state index in [-0.39, 0.29) is 34.8 Å². The first-order valence-corrected chi connectivity index (χ1v) is 18.1. The first kappa shape index (κ1) is 35.4. The minimum atomic E-state index is -3.39. The minimum Gasteiger partial charge on any atom is -0.482 e. The van der Waals surface area contributed by atoms with E-state index in [0.29, 0.717) is 11.1 Å². The van der Waals surface area contributed by atoms with Crippen molar-refractivity contribution in [1.82, 2.24) is 0 Å². The Kier molecular flexibility index (Phi) is 7.66. The lowest BCUT2D eigenvalue weighted by molar-refractivity contribution is -0.357. The Hall–Kier alpha value is -4.60. The first-order valence-electron chi connectivity index (χ1n) is 18.1. The van der Waals surface area contributed by atoms with Crippen LogP contribution in [0.15, 0.2) is 127 Å². The highest BCUT2D eigenvalue weighted by Crippen LogP contribution is 2.64. The van der Waals surface area contributed by atoms with Gasteiger partial charge in [0.15, 0.2) is 0 Å². The van der Waals surface area contributed by atoms with Crippen molar-refractivity contribution in [2.75, 3.05) is 0 Å². The van der Waals surface area contributed by atoms with Crippen LogP contribution in [0.25, 0.3) is 50.1 Å². The standard InChI is InChI=1S/C46H46O7/c1-41(2)36-22-24-43(5,46(50,51)52)39(40(36)53-44(6)23-14-13-21-38(44)42(41,3)4)35-25-33-31-19-11-9-17-29(31)27-15-7-8-16-28(27)30-18-10-12-20-32(30)34(33)26-37(35)45(47,48)49/h7-23,25-26,38,47-52H,24H2,1-6H3. The largest absolute Gasteiger partial charge is 0.482 e. The predicted octanol–water partition coefficient (Wildman–Crippen LogP) is 8.02. The molecule has 0 radical (unpaired) electrons. The molecule has 7 nitrogen and oxygen atoms in total. The Morgan fingerprint density at radius 1 is 0.604 bits per heavy atom. The molecule has 4 aromatic carbocycles. The molecule has 0 aromatic heterocycles. The molecule has 1 aliphatic heterocycles. The normalized spacial score (nSPS) is 25.2. The van der Waals surface area contributed by atoms with E-state index in [1.165, 1.54) is 6.92 Å². The molecular formula is C46H46O7. The molecule has 7 heteroatoms. The zero-order chi connectivity index (χ0) is 37.9. The summed E-state index contributed by atoms with van der Waals surface area (Å²) in [7, 11) is 0. The number of hydrogen-bond donors (Lipinski definition) is 6. The van der Waals surface area contributed by atoms with Crippen LogP contribution in [0.5, 0.6) is 0 Å². The molecule has 53 heavy (non-hydrogen) atoms. The predicted molar refractivity (Wildman–Crippen MR) is 206 cm³/mol. The number of aliphatic hydroxyl groups is 6. The maximum atomic E-state index is 11.3. The fraction of sp³-hybridized carbons (Fsp3) is 0.304. The second kappa shape index (κ2) is 11.5. The molecular weight excluding hydrogens is 664 g/mol. The topological polar surface area (TPSA) is 131 Å². The molecule has 3 atom stereocenters. The van der Waals surface area contributed by atoms with Crippen LogP contribution in [-0.2, 0) is 10.7 Å². The molecule has 4 aromatic rings. The summed E-state index contributed by atoms with van der Waals surface area (Å²) in [5, 5.41) is 67.9. The molecule has 0 amide bonds. The van der Waals surface area contributed by atoms with Gasteiger partial charge < -0.3 is 35.4 Å². The second-order valence-electron chi connectivity index (χ2n) is 16.6. The molecule has 3 unspecified atom stereocenters. The third kappa shape index (κ3) is 5.03. The van der Waals surface area contributed by atoms with Crippen LogP contribution in [0.2, 0.25) is 0 Å². The molecule has 272 valence electrons. The van der Waals surface area contributed by atoms with E-state index in [9.17, 15) is 30.6 Å². The van der Waals surface area contributed by atoms with Crippen molar-refractivity contribution in [2.45, 2.75) is 65.5 Å². The lowest BCUT2D eigenvalue weighted by atomic mass is 9.53. The number of ether oxygens (including phenoxy) is 1. The summed E-state index contributed by atoms with van der Waals surface area (Å²) in [5.41, 5.74) is 3.70. The van der Waals surface area contributed by atoms with Crippen molar-refractivity contribution < 1.29 is 35.4 Å². The van der Waals surface area contributed by atoms with Gasteiger partial charge in [-0.2, -0.15) is 0 Å². The van der Waals surface area contributed by atoms with Crippen molar-refractivity contribution in [2.24, 2.45) is 22.2 Å². The summed E-state index contributed by atoms with van der Waals surface area (Å²) < 4.78 is 7.16. The van der Waals surface area contributed by atoms with Crippen molar-refractivity contribution in [3.8, 4) is 44.5 Å². The lowest BCUT2D eigenvalue weighted by Crippen LogP contribution is -2.49. The number of allylic oxidation sites excluding steroid dienone is 4. The Balaban J connectivity index is 1.55. The quantitative estimate of drug-likeness (QED) is 0.105. The van der Waals surface area contributed by atoms with Crippen molar-refractivity contribution in [3.63, 3.8) is 0 Å². The third-order valence-electron chi connectivity index (χ3n) is 13.1.